The predicted octanol–water partition coefficient (Wildman–Crippen LogP) is 2.49. The van der Waals surface area contributed by atoms with Gasteiger partial charge in [0.25, 0.3) is 0 Å². The number of para-hydroxylation sites is 2. The van der Waals surface area contributed by atoms with Crippen molar-refractivity contribution in [2.45, 2.75) is 6.42 Å². The lowest BCUT2D eigenvalue weighted by molar-refractivity contribution is -0.387. The number of carbonyl (C=O) groups excluding carboxylic acids is 2. The Hall–Kier alpha value is -3.49. The molecule has 2 aromatic rings. The summed E-state index contributed by atoms with van der Waals surface area (Å²) in [5.74, 6) is -1.36. The SMILES string of the molecule is O=C(CN1C(=O)CCOc2ccccc21)Nc1ccc(F)c([N+](=O)[O-])c1. The van der Waals surface area contributed by atoms with Crippen molar-refractivity contribution in [3.63, 3.8) is 0 Å². The maximum absolute atomic E-state index is 13.4. The molecule has 2 amide bonds. The molecule has 0 spiro atoms. The van der Waals surface area contributed by atoms with Crippen LogP contribution in [0.3, 0.4) is 0 Å². The minimum atomic E-state index is -0.998. The van der Waals surface area contributed by atoms with Crippen molar-refractivity contribution in [3.8, 4) is 5.75 Å². The number of hydrogen-bond donors (Lipinski definition) is 1. The predicted molar refractivity (Wildman–Crippen MR) is 90.6 cm³/mol. The summed E-state index contributed by atoms with van der Waals surface area (Å²) in [6.45, 7) is -0.0947. The zero-order chi connectivity index (χ0) is 18.7. The van der Waals surface area contributed by atoms with Gasteiger partial charge in [0.15, 0.2) is 0 Å². The van der Waals surface area contributed by atoms with Gasteiger partial charge in [-0.2, -0.15) is 4.39 Å². The van der Waals surface area contributed by atoms with Crippen molar-refractivity contribution >= 4 is 28.9 Å². The Labute approximate surface area is 147 Å². The number of ether oxygens (including phenoxy) is 1. The first-order valence-electron chi connectivity index (χ1n) is 7.71. The highest BCUT2D eigenvalue weighted by molar-refractivity contribution is 6.03. The monoisotopic (exact) mass is 359 g/mol. The molecule has 1 aliphatic heterocycles. The van der Waals surface area contributed by atoms with Crippen LogP contribution in [0, 0.1) is 15.9 Å². The van der Waals surface area contributed by atoms with Crippen LogP contribution in [0.2, 0.25) is 0 Å². The Morgan fingerprint density at radius 2 is 2.08 bits per heavy atom. The van der Waals surface area contributed by atoms with E-state index in [0.29, 0.717) is 11.4 Å². The number of nitro groups is 1. The Morgan fingerprint density at radius 1 is 1.31 bits per heavy atom. The molecule has 2 aromatic carbocycles. The second-order valence-corrected chi connectivity index (χ2v) is 5.52. The van der Waals surface area contributed by atoms with Gasteiger partial charge in [-0.25, -0.2) is 0 Å². The van der Waals surface area contributed by atoms with Crippen LogP contribution in [0.15, 0.2) is 42.5 Å². The van der Waals surface area contributed by atoms with Crippen LogP contribution < -0.4 is 15.0 Å². The number of carbonyl (C=O) groups is 2. The van der Waals surface area contributed by atoms with E-state index in [0.717, 1.165) is 12.1 Å². The van der Waals surface area contributed by atoms with Gasteiger partial charge in [0.05, 0.1) is 23.6 Å². The summed E-state index contributed by atoms with van der Waals surface area (Å²) in [5, 5.41) is 13.2. The van der Waals surface area contributed by atoms with E-state index in [-0.39, 0.29) is 31.2 Å². The molecule has 1 aliphatic rings. The number of rotatable bonds is 4. The zero-order valence-electron chi connectivity index (χ0n) is 13.5. The summed E-state index contributed by atoms with van der Waals surface area (Å²) in [7, 11) is 0. The van der Waals surface area contributed by atoms with Gasteiger partial charge < -0.3 is 10.1 Å². The molecule has 1 heterocycles. The fraction of sp³-hybridized carbons (Fsp3) is 0.176. The lowest BCUT2D eigenvalue weighted by atomic mass is 10.2. The first kappa shape index (κ1) is 17.3. The third kappa shape index (κ3) is 3.61. The van der Waals surface area contributed by atoms with E-state index in [1.807, 2.05) is 0 Å². The Kier molecular flexibility index (Phi) is 4.78. The molecule has 9 heteroatoms. The van der Waals surface area contributed by atoms with Crippen molar-refractivity contribution in [2.75, 3.05) is 23.4 Å². The number of hydrogen-bond acceptors (Lipinski definition) is 5. The molecule has 0 saturated heterocycles. The number of benzene rings is 2. The molecule has 0 fully saturated rings. The largest absolute Gasteiger partial charge is 0.491 e. The molecule has 8 nitrogen and oxygen atoms in total. The Bertz CT molecular complexity index is 886. The molecule has 0 bridgehead atoms. The van der Waals surface area contributed by atoms with Gasteiger partial charge in [-0.3, -0.25) is 24.6 Å². The number of nitro benzene ring substituents is 1. The molecule has 26 heavy (non-hydrogen) atoms. The molecule has 0 atom stereocenters. The fourth-order valence-electron chi connectivity index (χ4n) is 2.57. The van der Waals surface area contributed by atoms with E-state index in [2.05, 4.69) is 5.32 Å². The normalized spacial score (nSPS) is 13.4. The molecule has 0 radical (unpaired) electrons. The van der Waals surface area contributed by atoms with Gasteiger partial charge in [0.2, 0.25) is 17.6 Å². The van der Waals surface area contributed by atoms with E-state index in [1.165, 1.54) is 11.0 Å². The molecular formula is C17H14FN3O5. The number of nitrogens with zero attached hydrogens (tertiary/aromatic N) is 2. The average molecular weight is 359 g/mol. The van der Waals surface area contributed by atoms with Crippen LogP contribution in [0.4, 0.5) is 21.5 Å². The van der Waals surface area contributed by atoms with Gasteiger partial charge in [0, 0.05) is 11.8 Å². The summed E-state index contributed by atoms with van der Waals surface area (Å²) < 4.78 is 18.9. The van der Waals surface area contributed by atoms with Crippen molar-refractivity contribution in [3.05, 3.63) is 58.4 Å². The van der Waals surface area contributed by atoms with E-state index in [9.17, 15) is 24.1 Å². The maximum Gasteiger partial charge on any atom is 0.306 e. The Balaban J connectivity index is 1.78. The molecule has 3 rings (SSSR count). The number of amides is 2. The number of halogens is 1. The summed E-state index contributed by atoms with van der Waals surface area (Å²) in [5.41, 5.74) is -0.211. The van der Waals surface area contributed by atoms with Gasteiger partial charge in [-0.05, 0) is 24.3 Å². The first-order chi connectivity index (χ1) is 12.5. The van der Waals surface area contributed by atoms with Crippen LogP contribution in [-0.2, 0) is 9.59 Å². The topological polar surface area (TPSA) is 102 Å². The standard InChI is InChI=1S/C17H14FN3O5/c18-12-6-5-11(9-14(12)21(24)25)19-16(22)10-20-13-3-1-2-4-15(13)26-8-7-17(20)23/h1-6,9H,7-8,10H2,(H,19,22). The minimum absolute atomic E-state index is 0.0647. The van der Waals surface area contributed by atoms with Gasteiger partial charge in [0.1, 0.15) is 12.3 Å². The van der Waals surface area contributed by atoms with Crippen molar-refractivity contribution in [1.82, 2.24) is 0 Å². The average Bonchev–Trinajstić information content (AvgIpc) is 2.76. The van der Waals surface area contributed by atoms with Crippen LogP contribution >= 0.6 is 0 Å². The van der Waals surface area contributed by atoms with E-state index < -0.39 is 22.3 Å². The summed E-state index contributed by atoms with van der Waals surface area (Å²) in [4.78, 5) is 35.8. The molecule has 0 saturated carbocycles. The molecule has 0 unspecified atom stereocenters. The second kappa shape index (κ2) is 7.18. The third-order valence-electron chi connectivity index (χ3n) is 3.76. The van der Waals surface area contributed by atoms with E-state index in [4.69, 9.17) is 4.74 Å². The summed E-state index contributed by atoms with van der Waals surface area (Å²) >= 11 is 0. The summed E-state index contributed by atoms with van der Waals surface area (Å²) in [6.07, 6.45) is 0.115. The third-order valence-corrected chi connectivity index (χ3v) is 3.76. The van der Waals surface area contributed by atoms with Crippen molar-refractivity contribution in [1.29, 1.82) is 0 Å². The Morgan fingerprint density at radius 3 is 2.85 bits per heavy atom. The van der Waals surface area contributed by atoms with E-state index >= 15 is 0 Å². The summed E-state index contributed by atoms with van der Waals surface area (Å²) in [6, 6.07) is 9.86. The lowest BCUT2D eigenvalue weighted by Crippen LogP contribution is -2.37. The highest BCUT2D eigenvalue weighted by Crippen LogP contribution is 2.31. The van der Waals surface area contributed by atoms with Crippen LogP contribution in [0.5, 0.6) is 5.75 Å². The quantitative estimate of drug-likeness (QED) is 0.667. The lowest BCUT2D eigenvalue weighted by Gasteiger charge is -2.21. The van der Waals surface area contributed by atoms with Crippen LogP contribution in [0.1, 0.15) is 6.42 Å². The number of anilines is 2. The molecule has 0 aliphatic carbocycles. The minimum Gasteiger partial charge on any atom is -0.491 e. The highest BCUT2D eigenvalue weighted by atomic mass is 19.1. The second-order valence-electron chi connectivity index (χ2n) is 5.52. The molecular weight excluding hydrogens is 345 g/mol. The van der Waals surface area contributed by atoms with Gasteiger partial charge in [-0.15, -0.1) is 0 Å². The van der Waals surface area contributed by atoms with Crippen molar-refractivity contribution in [2.24, 2.45) is 0 Å². The number of fused-ring (bicyclic) bond motifs is 1. The van der Waals surface area contributed by atoms with Crippen LogP contribution in [0.25, 0.3) is 0 Å². The zero-order valence-corrected chi connectivity index (χ0v) is 13.5. The van der Waals surface area contributed by atoms with Gasteiger partial charge in [-0.1, -0.05) is 12.1 Å². The smallest absolute Gasteiger partial charge is 0.306 e. The van der Waals surface area contributed by atoms with Gasteiger partial charge >= 0.3 is 5.69 Å². The number of nitrogens with one attached hydrogen (secondary N) is 1. The fourth-order valence-corrected chi connectivity index (χ4v) is 2.57. The van der Waals surface area contributed by atoms with Crippen molar-refractivity contribution < 1.29 is 23.6 Å². The van der Waals surface area contributed by atoms with Crippen LogP contribution in [-0.4, -0.2) is 29.9 Å². The maximum atomic E-state index is 13.4. The highest BCUT2D eigenvalue weighted by Gasteiger charge is 2.25. The molecule has 0 aromatic heterocycles. The first-order valence-corrected chi connectivity index (χ1v) is 7.71. The molecule has 134 valence electrons. The molecule has 1 N–H and O–H groups in total. The van der Waals surface area contributed by atoms with E-state index in [1.54, 1.807) is 24.3 Å².